The van der Waals surface area contributed by atoms with Gasteiger partial charge in [-0.3, -0.25) is 9.36 Å². The van der Waals surface area contributed by atoms with Crippen LogP contribution >= 0.6 is 11.3 Å². The maximum absolute atomic E-state index is 13.1. The number of benzene rings is 2. The van der Waals surface area contributed by atoms with Crippen molar-refractivity contribution in [2.45, 2.75) is 46.3 Å². The number of hydrogen-bond acceptors (Lipinski definition) is 7. The maximum Gasteiger partial charge on any atom is 0.338 e. The van der Waals surface area contributed by atoms with Gasteiger partial charge in [0.25, 0.3) is 5.56 Å². The number of carbonyl (C=O) groups is 1. The normalized spacial score (nSPS) is 15.3. The van der Waals surface area contributed by atoms with Crippen molar-refractivity contribution in [1.82, 2.24) is 4.57 Å². The molecule has 0 aliphatic carbocycles. The number of thiazole rings is 1. The number of rotatable bonds is 9. The Morgan fingerprint density at radius 1 is 1.14 bits per heavy atom. The van der Waals surface area contributed by atoms with Gasteiger partial charge in [0, 0.05) is 5.70 Å². The molecule has 8 heteroatoms. The minimum atomic E-state index is -0.641. The SMILES string of the molecule is CCC/C=c1\sc2n(c1=O)C(C)=C(C(=O)OCC)[C@H](c1ccc(OCc3ccccc3)c(OC)c1)N=2. The van der Waals surface area contributed by atoms with Crippen LogP contribution < -0.4 is 24.4 Å². The number of esters is 1. The summed E-state index contributed by atoms with van der Waals surface area (Å²) < 4.78 is 19.1. The van der Waals surface area contributed by atoms with Crippen molar-refractivity contribution in [1.29, 1.82) is 0 Å². The number of carbonyl (C=O) groups excluding carboxylic acids is 1. The van der Waals surface area contributed by atoms with E-state index in [1.165, 1.54) is 15.9 Å². The van der Waals surface area contributed by atoms with Gasteiger partial charge in [0.1, 0.15) is 12.6 Å². The minimum absolute atomic E-state index is 0.160. The van der Waals surface area contributed by atoms with Crippen molar-refractivity contribution < 1.29 is 19.0 Å². The van der Waals surface area contributed by atoms with Gasteiger partial charge in [0.05, 0.1) is 23.8 Å². The largest absolute Gasteiger partial charge is 0.493 e. The fraction of sp³-hybridized carbons (Fsp3) is 0.321. The van der Waals surface area contributed by atoms with Crippen LogP contribution in [0.4, 0.5) is 0 Å². The molecule has 3 aromatic rings. The third-order valence-corrected chi connectivity index (χ3v) is 6.93. The van der Waals surface area contributed by atoms with E-state index in [1.807, 2.05) is 54.6 Å². The molecule has 1 atom stereocenters. The van der Waals surface area contributed by atoms with E-state index < -0.39 is 12.0 Å². The molecule has 0 saturated heterocycles. The standard InChI is InChI=1S/C28H30N2O5S/c1-5-7-13-23-26(31)30-18(3)24(27(32)34-6-2)25(29-28(30)36-23)20-14-15-21(22(16-20)33-4)35-17-19-11-9-8-10-12-19/h8-16,25H,5-7,17H2,1-4H3/b23-13-/t25-/m0/s1. The first-order valence-corrected chi connectivity index (χ1v) is 12.8. The van der Waals surface area contributed by atoms with E-state index in [0.717, 1.165) is 24.0 Å². The quantitative estimate of drug-likeness (QED) is 0.406. The van der Waals surface area contributed by atoms with Gasteiger partial charge in [0.2, 0.25) is 0 Å². The Hall–Kier alpha value is -3.65. The number of allylic oxidation sites excluding steroid dienone is 1. The van der Waals surface area contributed by atoms with Crippen LogP contribution in [0, 0.1) is 0 Å². The number of nitrogens with zero attached hydrogens (tertiary/aromatic N) is 2. The van der Waals surface area contributed by atoms with Crippen LogP contribution in [0.15, 0.2) is 63.9 Å². The number of unbranched alkanes of at least 4 members (excludes halogenated alkanes) is 1. The lowest BCUT2D eigenvalue weighted by atomic mass is 9.96. The maximum atomic E-state index is 13.1. The van der Waals surface area contributed by atoms with Crippen LogP contribution in [-0.4, -0.2) is 24.3 Å². The number of aromatic nitrogens is 1. The predicted octanol–water partition coefficient (Wildman–Crippen LogP) is 4.25. The Kier molecular flexibility index (Phi) is 8.05. The van der Waals surface area contributed by atoms with E-state index in [-0.39, 0.29) is 12.2 Å². The van der Waals surface area contributed by atoms with Crippen molar-refractivity contribution in [3.63, 3.8) is 0 Å². The number of methoxy groups -OCH3 is 1. The molecular formula is C28H30N2O5S. The molecule has 2 heterocycles. The van der Waals surface area contributed by atoms with E-state index in [0.29, 0.717) is 38.7 Å². The van der Waals surface area contributed by atoms with Crippen LogP contribution in [0.5, 0.6) is 11.5 Å². The van der Waals surface area contributed by atoms with Crippen molar-refractivity contribution >= 4 is 29.1 Å². The molecule has 0 bridgehead atoms. The molecule has 2 aromatic carbocycles. The minimum Gasteiger partial charge on any atom is -0.493 e. The topological polar surface area (TPSA) is 79.1 Å². The molecule has 1 aromatic heterocycles. The lowest BCUT2D eigenvalue weighted by molar-refractivity contribution is -0.138. The third kappa shape index (κ3) is 5.14. The molecule has 0 unspecified atom stereocenters. The summed E-state index contributed by atoms with van der Waals surface area (Å²) in [5.41, 5.74) is 2.50. The van der Waals surface area contributed by atoms with Gasteiger partial charge in [-0.1, -0.05) is 67.2 Å². The molecule has 1 aliphatic heterocycles. The van der Waals surface area contributed by atoms with Gasteiger partial charge in [-0.05, 0) is 43.5 Å². The van der Waals surface area contributed by atoms with Gasteiger partial charge in [-0.2, -0.15) is 0 Å². The predicted molar refractivity (Wildman–Crippen MR) is 141 cm³/mol. The molecule has 0 amide bonds. The zero-order valence-electron chi connectivity index (χ0n) is 20.9. The van der Waals surface area contributed by atoms with Crippen molar-refractivity contribution in [3.05, 3.63) is 84.9 Å². The van der Waals surface area contributed by atoms with E-state index in [9.17, 15) is 9.59 Å². The van der Waals surface area contributed by atoms with Gasteiger partial charge in [0.15, 0.2) is 16.3 Å². The van der Waals surface area contributed by atoms with Crippen molar-refractivity contribution in [2.75, 3.05) is 13.7 Å². The summed E-state index contributed by atoms with van der Waals surface area (Å²) >= 11 is 1.34. The second-order valence-corrected chi connectivity index (χ2v) is 9.33. The Bertz CT molecular complexity index is 1450. The molecule has 0 N–H and O–H groups in total. The zero-order chi connectivity index (χ0) is 25.7. The Morgan fingerprint density at radius 3 is 2.61 bits per heavy atom. The van der Waals surface area contributed by atoms with Crippen molar-refractivity contribution in [3.8, 4) is 11.5 Å². The Labute approximate surface area is 214 Å². The molecule has 0 saturated carbocycles. The molecule has 7 nitrogen and oxygen atoms in total. The highest BCUT2D eigenvalue weighted by molar-refractivity contribution is 7.07. The molecule has 0 radical (unpaired) electrons. The van der Waals surface area contributed by atoms with Crippen LogP contribution in [-0.2, 0) is 16.1 Å². The van der Waals surface area contributed by atoms with E-state index in [4.69, 9.17) is 19.2 Å². The zero-order valence-corrected chi connectivity index (χ0v) is 21.8. The van der Waals surface area contributed by atoms with Crippen molar-refractivity contribution in [2.24, 2.45) is 4.99 Å². The summed E-state index contributed by atoms with van der Waals surface area (Å²) in [6.45, 7) is 6.20. The Balaban J connectivity index is 1.78. The average Bonchev–Trinajstić information content (AvgIpc) is 3.21. The first-order chi connectivity index (χ1) is 17.5. The second kappa shape index (κ2) is 11.4. The number of ether oxygens (including phenoxy) is 3. The molecule has 1 aliphatic rings. The monoisotopic (exact) mass is 506 g/mol. The molecule has 0 spiro atoms. The molecule has 188 valence electrons. The fourth-order valence-corrected chi connectivity index (χ4v) is 5.13. The summed E-state index contributed by atoms with van der Waals surface area (Å²) in [6, 6.07) is 14.7. The summed E-state index contributed by atoms with van der Waals surface area (Å²) in [6.07, 6.45) is 3.67. The summed E-state index contributed by atoms with van der Waals surface area (Å²) in [5.74, 6) is 0.629. The summed E-state index contributed by atoms with van der Waals surface area (Å²) in [5, 5.41) is 0. The lowest BCUT2D eigenvalue weighted by Crippen LogP contribution is -2.35. The van der Waals surface area contributed by atoms with Crippen LogP contribution in [0.25, 0.3) is 11.8 Å². The second-order valence-electron chi connectivity index (χ2n) is 8.32. The highest BCUT2D eigenvalue weighted by atomic mass is 32.1. The van der Waals surface area contributed by atoms with E-state index in [2.05, 4.69) is 6.92 Å². The number of hydrogen-bond donors (Lipinski definition) is 0. The molecular weight excluding hydrogens is 476 g/mol. The number of fused-ring (bicyclic) bond motifs is 1. The molecule has 36 heavy (non-hydrogen) atoms. The van der Waals surface area contributed by atoms with Gasteiger partial charge in [-0.25, -0.2) is 9.79 Å². The highest BCUT2D eigenvalue weighted by Gasteiger charge is 2.32. The highest BCUT2D eigenvalue weighted by Crippen LogP contribution is 2.37. The van der Waals surface area contributed by atoms with E-state index >= 15 is 0 Å². The average molecular weight is 507 g/mol. The van der Waals surface area contributed by atoms with Gasteiger partial charge >= 0.3 is 5.97 Å². The van der Waals surface area contributed by atoms with Gasteiger partial charge in [-0.15, -0.1) is 0 Å². The Morgan fingerprint density at radius 2 is 1.92 bits per heavy atom. The molecule has 4 rings (SSSR count). The van der Waals surface area contributed by atoms with Crippen LogP contribution in [0.1, 0.15) is 50.8 Å². The first kappa shape index (κ1) is 25.4. The third-order valence-electron chi connectivity index (χ3n) is 5.90. The first-order valence-electron chi connectivity index (χ1n) is 12.0. The van der Waals surface area contributed by atoms with Crippen LogP contribution in [0.2, 0.25) is 0 Å². The molecule has 0 fully saturated rings. The fourth-order valence-electron chi connectivity index (χ4n) is 4.08. The van der Waals surface area contributed by atoms with E-state index in [1.54, 1.807) is 21.0 Å². The summed E-state index contributed by atoms with van der Waals surface area (Å²) in [4.78, 5) is 31.6. The van der Waals surface area contributed by atoms with Gasteiger partial charge < -0.3 is 14.2 Å². The smallest absolute Gasteiger partial charge is 0.338 e. The van der Waals surface area contributed by atoms with Crippen LogP contribution in [0.3, 0.4) is 0 Å². The summed E-state index contributed by atoms with van der Waals surface area (Å²) in [7, 11) is 1.58. The lowest BCUT2D eigenvalue weighted by Gasteiger charge is -2.23.